The van der Waals surface area contributed by atoms with Crippen molar-refractivity contribution < 1.29 is 9.90 Å². The predicted molar refractivity (Wildman–Crippen MR) is 82.2 cm³/mol. The summed E-state index contributed by atoms with van der Waals surface area (Å²) in [7, 11) is 1.84. The van der Waals surface area contributed by atoms with Gasteiger partial charge in [-0.05, 0) is 36.2 Å². The first-order chi connectivity index (χ1) is 9.49. The Balaban J connectivity index is 2.32. The predicted octanol–water partition coefficient (Wildman–Crippen LogP) is 3.49. The normalized spacial score (nSPS) is 10.3. The molecule has 2 aromatic rings. The van der Waals surface area contributed by atoms with E-state index in [1.165, 1.54) is 0 Å². The highest BCUT2D eigenvalue weighted by Gasteiger charge is 2.17. The van der Waals surface area contributed by atoms with Crippen molar-refractivity contribution in [2.75, 3.05) is 11.9 Å². The molecule has 0 aliphatic carbocycles. The molecule has 0 radical (unpaired) electrons. The van der Waals surface area contributed by atoms with Crippen molar-refractivity contribution in [3.8, 4) is 0 Å². The molecular formula is C15H15BrN2O2. The van der Waals surface area contributed by atoms with E-state index in [0.717, 1.165) is 10.0 Å². The number of rotatable bonds is 4. The average Bonchev–Trinajstić information content (AvgIpc) is 2.37. The van der Waals surface area contributed by atoms with Gasteiger partial charge in [0, 0.05) is 24.3 Å². The number of carboxylic acid groups (broad SMARTS) is 1. The Labute approximate surface area is 126 Å². The van der Waals surface area contributed by atoms with Gasteiger partial charge < -0.3 is 10.0 Å². The van der Waals surface area contributed by atoms with Gasteiger partial charge in [-0.2, -0.15) is 0 Å². The molecule has 104 valence electrons. The smallest absolute Gasteiger partial charge is 0.339 e. The van der Waals surface area contributed by atoms with Gasteiger partial charge >= 0.3 is 5.97 Å². The highest BCUT2D eigenvalue weighted by atomic mass is 79.9. The van der Waals surface area contributed by atoms with Gasteiger partial charge in [-0.25, -0.2) is 9.78 Å². The quantitative estimate of drug-likeness (QED) is 0.929. The zero-order chi connectivity index (χ0) is 14.7. The molecule has 4 nitrogen and oxygen atoms in total. The number of nitrogens with zero attached hydrogens (tertiary/aromatic N) is 2. The fourth-order valence-electron chi connectivity index (χ4n) is 2.08. The maximum atomic E-state index is 11.4. The third kappa shape index (κ3) is 3.17. The molecule has 0 saturated heterocycles. The summed E-state index contributed by atoms with van der Waals surface area (Å²) in [4.78, 5) is 17.4. The fourth-order valence-corrected chi connectivity index (χ4v) is 2.53. The lowest BCUT2D eigenvalue weighted by atomic mass is 10.1. The summed E-state index contributed by atoms with van der Waals surface area (Å²) >= 11 is 3.43. The summed E-state index contributed by atoms with van der Waals surface area (Å²) < 4.78 is 0.999. The van der Waals surface area contributed by atoms with Crippen LogP contribution in [0, 0.1) is 6.92 Å². The average molecular weight is 335 g/mol. The molecule has 0 amide bonds. The molecule has 0 saturated carbocycles. The van der Waals surface area contributed by atoms with Crippen LogP contribution in [0.2, 0.25) is 0 Å². The number of pyridine rings is 1. The van der Waals surface area contributed by atoms with Gasteiger partial charge in [-0.3, -0.25) is 0 Å². The van der Waals surface area contributed by atoms with Crippen LogP contribution in [0.25, 0.3) is 0 Å². The summed E-state index contributed by atoms with van der Waals surface area (Å²) in [5, 5.41) is 9.33. The van der Waals surface area contributed by atoms with E-state index in [1.54, 1.807) is 19.2 Å². The zero-order valence-corrected chi connectivity index (χ0v) is 12.9. The molecule has 0 aliphatic rings. The Morgan fingerprint density at radius 3 is 2.80 bits per heavy atom. The van der Waals surface area contributed by atoms with Crippen molar-refractivity contribution in [3.05, 3.63) is 57.7 Å². The summed E-state index contributed by atoms with van der Waals surface area (Å²) in [6, 6.07) is 9.62. The van der Waals surface area contributed by atoms with Crippen molar-refractivity contribution in [3.63, 3.8) is 0 Å². The maximum absolute atomic E-state index is 11.4. The van der Waals surface area contributed by atoms with Crippen LogP contribution >= 0.6 is 15.9 Å². The van der Waals surface area contributed by atoms with Crippen LogP contribution in [0.5, 0.6) is 0 Å². The summed E-state index contributed by atoms with van der Waals surface area (Å²) in [5.41, 5.74) is 2.05. The number of hydrogen-bond acceptors (Lipinski definition) is 3. The number of carbonyl (C=O) groups is 1. The Kier molecular flexibility index (Phi) is 4.39. The number of benzene rings is 1. The van der Waals surface area contributed by atoms with Crippen LogP contribution in [0.1, 0.15) is 21.5 Å². The van der Waals surface area contributed by atoms with Crippen LogP contribution in [0.15, 0.2) is 41.0 Å². The molecule has 2 rings (SSSR count). The number of aromatic carboxylic acids is 1. The first kappa shape index (κ1) is 14.5. The largest absolute Gasteiger partial charge is 0.478 e. The van der Waals surface area contributed by atoms with E-state index in [9.17, 15) is 9.90 Å². The van der Waals surface area contributed by atoms with E-state index in [1.807, 2.05) is 36.2 Å². The second-order valence-corrected chi connectivity index (χ2v) is 5.53. The van der Waals surface area contributed by atoms with E-state index in [-0.39, 0.29) is 5.56 Å². The monoisotopic (exact) mass is 334 g/mol. The molecule has 0 unspecified atom stereocenters. The van der Waals surface area contributed by atoms with Crippen molar-refractivity contribution in [2.24, 2.45) is 0 Å². The molecule has 0 spiro atoms. The first-order valence-electron chi connectivity index (χ1n) is 6.13. The standard InChI is InChI=1S/C15H15BrN2O2/c1-10-6-7-17-14(13(10)15(19)20)18(2)9-11-4-3-5-12(16)8-11/h3-8H,9H2,1-2H3,(H,19,20). The molecule has 0 bridgehead atoms. The summed E-state index contributed by atoms with van der Waals surface area (Å²) in [6.07, 6.45) is 1.63. The number of aromatic nitrogens is 1. The van der Waals surface area contributed by atoms with Gasteiger partial charge in [-0.1, -0.05) is 28.1 Å². The second kappa shape index (κ2) is 6.05. The molecule has 1 aromatic carbocycles. The van der Waals surface area contributed by atoms with Crippen molar-refractivity contribution in [2.45, 2.75) is 13.5 Å². The van der Waals surface area contributed by atoms with Gasteiger partial charge in [0.25, 0.3) is 0 Å². The number of hydrogen-bond donors (Lipinski definition) is 1. The molecule has 1 N–H and O–H groups in total. The van der Waals surface area contributed by atoms with Gasteiger partial charge in [-0.15, -0.1) is 0 Å². The van der Waals surface area contributed by atoms with Gasteiger partial charge in [0.05, 0.1) is 0 Å². The summed E-state index contributed by atoms with van der Waals surface area (Å²) in [6.45, 7) is 2.37. The molecule has 0 aliphatic heterocycles. The highest BCUT2D eigenvalue weighted by Crippen LogP contribution is 2.22. The van der Waals surface area contributed by atoms with E-state index in [2.05, 4.69) is 20.9 Å². The fraction of sp³-hybridized carbons (Fsp3) is 0.200. The highest BCUT2D eigenvalue weighted by molar-refractivity contribution is 9.10. The van der Waals surface area contributed by atoms with Gasteiger partial charge in [0.1, 0.15) is 11.4 Å². The van der Waals surface area contributed by atoms with Crippen LogP contribution in [0.3, 0.4) is 0 Å². The lowest BCUT2D eigenvalue weighted by Gasteiger charge is -2.21. The number of anilines is 1. The van der Waals surface area contributed by atoms with Crippen molar-refractivity contribution in [1.82, 2.24) is 4.98 Å². The van der Waals surface area contributed by atoms with Crippen molar-refractivity contribution >= 4 is 27.7 Å². The molecule has 0 fully saturated rings. The Morgan fingerprint density at radius 2 is 2.15 bits per heavy atom. The Morgan fingerprint density at radius 1 is 1.40 bits per heavy atom. The number of aryl methyl sites for hydroxylation is 1. The Hall–Kier alpha value is -1.88. The zero-order valence-electron chi connectivity index (χ0n) is 11.3. The molecule has 1 heterocycles. The van der Waals surface area contributed by atoms with Gasteiger partial charge in [0.15, 0.2) is 0 Å². The van der Waals surface area contributed by atoms with Crippen molar-refractivity contribution in [1.29, 1.82) is 0 Å². The second-order valence-electron chi connectivity index (χ2n) is 4.62. The lowest BCUT2D eigenvalue weighted by Crippen LogP contribution is -2.21. The summed E-state index contributed by atoms with van der Waals surface area (Å²) in [5.74, 6) is -0.468. The number of carboxylic acids is 1. The van der Waals surface area contributed by atoms with E-state index >= 15 is 0 Å². The minimum atomic E-state index is -0.952. The van der Waals surface area contributed by atoms with E-state index in [0.29, 0.717) is 17.9 Å². The van der Waals surface area contributed by atoms with E-state index in [4.69, 9.17) is 0 Å². The maximum Gasteiger partial charge on any atom is 0.339 e. The Bertz CT molecular complexity index is 644. The third-order valence-corrected chi connectivity index (χ3v) is 3.52. The molecule has 20 heavy (non-hydrogen) atoms. The van der Waals surface area contributed by atoms with Crippen LogP contribution in [0.4, 0.5) is 5.82 Å². The molecular weight excluding hydrogens is 320 g/mol. The SMILES string of the molecule is Cc1ccnc(N(C)Cc2cccc(Br)c2)c1C(=O)O. The van der Waals surface area contributed by atoms with Crippen LogP contribution < -0.4 is 4.90 Å². The minimum absolute atomic E-state index is 0.255. The topological polar surface area (TPSA) is 53.4 Å². The third-order valence-electron chi connectivity index (χ3n) is 3.02. The minimum Gasteiger partial charge on any atom is -0.478 e. The molecule has 0 atom stereocenters. The van der Waals surface area contributed by atoms with E-state index < -0.39 is 5.97 Å². The first-order valence-corrected chi connectivity index (χ1v) is 6.93. The molecule has 5 heteroatoms. The van der Waals surface area contributed by atoms with Crippen LogP contribution in [-0.4, -0.2) is 23.1 Å². The van der Waals surface area contributed by atoms with Gasteiger partial charge in [0.2, 0.25) is 0 Å². The lowest BCUT2D eigenvalue weighted by molar-refractivity contribution is 0.0696. The van der Waals surface area contributed by atoms with Crippen LogP contribution in [-0.2, 0) is 6.54 Å². The molecule has 1 aromatic heterocycles. The number of halogens is 1.